The summed E-state index contributed by atoms with van der Waals surface area (Å²) >= 11 is 0. The Balaban J connectivity index is 1.62. The summed E-state index contributed by atoms with van der Waals surface area (Å²) in [6.45, 7) is 3.67. The lowest BCUT2D eigenvalue weighted by Gasteiger charge is -2.24. The smallest absolute Gasteiger partial charge is 0.421 e. The van der Waals surface area contributed by atoms with E-state index >= 15 is 0 Å². The predicted octanol–water partition coefficient (Wildman–Crippen LogP) is 2.66. The van der Waals surface area contributed by atoms with Crippen molar-refractivity contribution < 1.29 is 27.4 Å². The number of amides is 1. The molecule has 1 N–H and O–H groups in total. The number of ether oxygens (including phenoxy) is 2. The second-order valence-electron chi connectivity index (χ2n) is 6.59. The Kier molecular flexibility index (Phi) is 5.59. The number of alkyl halides is 3. The molecular weight excluding hydrogens is 377 g/mol. The third-order valence-electron chi connectivity index (χ3n) is 4.41. The van der Waals surface area contributed by atoms with Crippen molar-refractivity contribution in [2.75, 3.05) is 13.2 Å². The Hall–Kier alpha value is -2.62. The molecule has 0 bridgehead atoms. The maximum atomic E-state index is 12.9. The molecule has 0 aliphatic carbocycles. The average molecular weight is 398 g/mol. The molecule has 3 heterocycles. The molecule has 7 nitrogen and oxygen atoms in total. The Morgan fingerprint density at radius 3 is 2.89 bits per heavy atom. The van der Waals surface area contributed by atoms with Crippen molar-refractivity contribution in [1.82, 2.24) is 20.1 Å². The Labute approximate surface area is 159 Å². The van der Waals surface area contributed by atoms with E-state index in [0.717, 1.165) is 17.3 Å². The van der Waals surface area contributed by atoms with Crippen LogP contribution in [0.4, 0.5) is 13.2 Å². The van der Waals surface area contributed by atoms with Gasteiger partial charge in [-0.2, -0.15) is 18.3 Å². The summed E-state index contributed by atoms with van der Waals surface area (Å²) in [4.78, 5) is 16.2. The minimum atomic E-state index is -4.56. The normalized spacial score (nSPS) is 19.2. The number of halogens is 3. The summed E-state index contributed by atoms with van der Waals surface area (Å²) in [6.07, 6.45) is -3.02. The quantitative estimate of drug-likeness (QED) is 0.784. The van der Waals surface area contributed by atoms with E-state index in [1.54, 1.807) is 7.05 Å². The molecule has 0 fully saturated rings. The van der Waals surface area contributed by atoms with E-state index in [0.29, 0.717) is 12.1 Å². The maximum absolute atomic E-state index is 12.9. The highest BCUT2D eigenvalue weighted by Gasteiger charge is 2.35. The monoisotopic (exact) mass is 398 g/mol. The molecule has 2 atom stereocenters. The number of carbonyl (C=O) groups is 1. The number of aromatic nitrogens is 3. The van der Waals surface area contributed by atoms with E-state index in [1.165, 1.54) is 16.9 Å². The molecule has 1 aliphatic heterocycles. The van der Waals surface area contributed by atoms with Crippen molar-refractivity contribution in [3.63, 3.8) is 0 Å². The van der Waals surface area contributed by atoms with Crippen LogP contribution in [0.3, 0.4) is 0 Å². The van der Waals surface area contributed by atoms with Crippen LogP contribution < -0.4 is 10.1 Å². The van der Waals surface area contributed by atoms with E-state index in [4.69, 9.17) is 9.47 Å². The molecule has 0 radical (unpaired) electrons. The number of hydrogen-bond donors (Lipinski definition) is 1. The van der Waals surface area contributed by atoms with Crippen molar-refractivity contribution in [3.05, 3.63) is 40.8 Å². The van der Waals surface area contributed by atoms with E-state index in [9.17, 15) is 18.0 Å². The molecule has 1 aliphatic rings. The van der Waals surface area contributed by atoms with Gasteiger partial charge in [-0.1, -0.05) is 0 Å². The van der Waals surface area contributed by atoms with Crippen LogP contribution in [0.1, 0.15) is 47.3 Å². The number of nitrogens with zero attached hydrogens (tertiary/aromatic N) is 3. The van der Waals surface area contributed by atoms with Gasteiger partial charge in [0.05, 0.1) is 24.4 Å². The first-order chi connectivity index (χ1) is 13.2. The zero-order valence-electron chi connectivity index (χ0n) is 15.7. The second-order valence-corrected chi connectivity index (χ2v) is 6.59. The lowest BCUT2D eigenvalue weighted by atomic mass is 9.99. The minimum Gasteiger partial charge on any atom is -0.475 e. The van der Waals surface area contributed by atoms with Gasteiger partial charge in [0.25, 0.3) is 5.91 Å². The molecular formula is C18H21F3N4O3. The highest BCUT2D eigenvalue weighted by molar-refractivity contribution is 5.94. The number of aryl methyl sites for hydroxylation is 1. The third kappa shape index (κ3) is 4.11. The van der Waals surface area contributed by atoms with Crippen LogP contribution in [0.25, 0.3) is 0 Å². The summed E-state index contributed by atoms with van der Waals surface area (Å²) in [5.74, 6) is -0.875. The van der Waals surface area contributed by atoms with Gasteiger partial charge < -0.3 is 14.8 Å². The molecule has 10 heteroatoms. The zero-order chi connectivity index (χ0) is 20.5. The number of nitrogens with one attached hydrogen (secondary N) is 1. The number of hydrogen-bond acceptors (Lipinski definition) is 5. The van der Waals surface area contributed by atoms with Gasteiger partial charge in [-0.3, -0.25) is 9.48 Å². The summed E-state index contributed by atoms with van der Waals surface area (Å²) in [5.41, 5.74) is 1.03. The number of pyridine rings is 1. The first-order valence-corrected chi connectivity index (χ1v) is 8.83. The topological polar surface area (TPSA) is 78.3 Å². The van der Waals surface area contributed by atoms with Crippen LogP contribution in [0.5, 0.6) is 5.88 Å². The fourth-order valence-electron chi connectivity index (χ4n) is 3.27. The van der Waals surface area contributed by atoms with Crippen LogP contribution in [0, 0.1) is 0 Å². The van der Waals surface area contributed by atoms with Crippen LogP contribution in [0.15, 0.2) is 18.3 Å². The van der Waals surface area contributed by atoms with E-state index in [-0.39, 0.29) is 31.3 Å². The minimum absolute atomic E-state index is 0.0221. The van der Waals surface area contributed by atoms with Crippen molar-refractivity contribution in [3.8, 4) is 5.88 Å². The van der Waals surface area contributed by atoms with Gasteiger partial charge in [-0.15, -0.1) is 0 Å². The Bertz CT molecular complexity index is 866. The van der Waals surface area contributed by atoms with Gasteiger partial charge in [0.15, 0.2) is 0 Å². The lowest BCUT2D eigenvalue weighted by molar-refractivity contribution is -0.139. The second kappa shape index (κ2) is 7.78. The first-order valence-electron chi connectivity index (χ1n) is 8.83. The molecule has 0 saturated heterocycles. The molecule has 2 aromatic heterocycles. The highest BCUT2D eigenvalue weighted by atomic mass is 19.4. The van der Waals surface area contributed by atoms with Gasteiger partial charge in [-0.25, -0.2) is 4.98 Å². The van der Waals surface area contributed by atoms with Crippen molar-refractivity contribution in [1.29, 1.82) is 0 Å². The van der Waals surface area contributed by atoms with Crippen LogP contribution >= 0.6 is 0 Å². The summed E-state index contributed by atoms with van der Waals surface area (Å²) in [5, 5.41) is 7.03. The predicted molar refractivity (Wildman–Crippen MR) is 92.9 cm³/mol. The van der Waals surface area contributed by atoms with E-state index in [1.807, 2.05) is 13.8 Å². The van der Waals surface area contributed by atoms with Gasteiger partial charge in [0.1, 0.15) is 17.9 Å². The van der Waals surface area contributed by atoms with E-state index in [2.05, 4.69) is 15.4 Å². The van der Waals surface area contributed by atoms with Crippen LogP contribution in [-0.2, 0) is 24.4 Å². The van der Waals surface area contributed by atoms with Gasteiger partial charge in [0, 0.05) is 25.2 Å². The fraction of sp³-hybridized carbons (Fsp3) is 0.500. The van der Waals surface area contributed by atoms with Gasteiger partial charge in [0.2, 0.25) is 5.88 Å². The molecule has 0 spiro atoms. The van der Waals surface area contributed by atoms with Crippen LogP contribution in [-0.4, -0.2) is 39.9 Å². The van der Waals surface area contributed by atoms with Crippen molar-refractivity contribution in [2.24, 2.45) is 7.05 Å². The fourth-order valence-corrected chi connectivity index (χ4v) is 3.27. The summed E-state index contributed by atoms with van der Waals surface area (Å²) in [6, 6.07) is 2.09. The number of fused-ring (bicyclic) bond motifs is 1. The molecule has 1 amide bonds. The van der Waals surface area contributed by atoms with E-state index < -0.39 is 17.6 Å². The molecule has 28 heavy (non-hydrogen) atoms. The molecule has 2 aromatic rings. The molecule has 152 valence electrons. The summed E-state index contributed by atoms with van der Waals surface area (Å²) in [7, 11) is 1.67. The molecule has 0 saturated carbocycles. The maximum Gasteiger partial charge on any atom is 0.421 e. The largest absolute Gasteiger partial charge is 0.475 e. The van der Waals surface area contributed by atoms with Gasteiger partial charge in [-0.05, 0) is 26.0 Å². The first kappa shape index (κ1) is 20.1. The summed E-state index contributed by atoms with van der Waals surface area (Å²) < 4.78 is 51.1. The van der Waals surface area contributed by atoms with Crippen molar-refractivity contribution >= 4 is 5.91 Å². The Morgan fingerprint density at radius 2 is 2.18 bits per heavy atom. The Morgan fingerprint density at radius 1 is 1.43 bits per heavy atom. The number of carbonyl (C=O) groups excluding carboxylic acids is 1. The molecule has 0 unspecified atom stereocenters. The SMILES string of the molecule is C[C@@H]1Cc2c(nn(C)c2C(=O)NCCOc2ncccc2C(F)(F)F)[C@H](C)O1. The average Bonchev–Trinajstić information content (AvgIpc) is 2.94. The van der Waals surface area contributed by atoms with Crippen LogP contribution in [0.2, 0.25) is 0 Å². The third-order valence-corrected chi connectivity index (χ3v) is 4.41. The van der Waals surface area contributed by atoms with Gasteiger partial charge >= 0.3 is 6.18 Å². The molecule has 3 rings (SSSR count). The zero-order valence-corrected chi connectivity index (χ0v) is 15.7. The lowest BCUT2D eigenvalue weighted by Crippen LogP contribution is -2.31. The van der Waals surface area contributed by atoms with Crippen molar-refractivity contribution in [2.45, 2.75) is 38.7 Å². The standard InChI is InChI=1S/C18H21F3N4O3/c1-10-9-12-14(11(2)28-10)24-25(3)15(12)16(26)22-7-8-27-17-13(18(19,20)21)5-4-6-23-17/h4-6,10-11H,7-9H2,1-3H3,(H,22,26)/t10-,11+/m1/s1. The highest BCUT2D eigenvalue weighted by Crippen LogP contribution is 2.34. The number of rotatable bonds is 5. The molecule has 0 aromatic carbocycles.